The quantitative estimate of drug-likeness (QED) is 0.525. The molecule has 0 unspecified atom stereocenters. The number of rotatable bonds is 3. The van der Waals surface area contributed by atoms with Gasteiger partial charge in [-0.05, 0) is 33.3 Å². The van der Waals surface area contributed by atoms with Gasteiger partial charge in [0.15, 0.2) is 5.82 Å². The second kappa shape index (κ2) is 8.52. The molecule has 1 amide bonds. The molecule has 2 fully saturated rings. The molecule has 0 saturated carbocycles. The van der Waals surface area contributed by atoms with Gasteiger partial charge < -0.3 is 14.5 Å². The zero-order valence-corrected chi connectivity index (χ0v) is 17.8. The molecule has 1 aromatic rings. The number of carbonyl (C=O) groups is 1. The first-order chi connectivity index (χ1) is 14.4. The number of hydrogen-bond acceptors (Lipinski definition) is 6. The summed E-state index contributed by atoms with van der Waals surface area (Å²) in [5.41, 5.74) is -0.875. The first-order valence-corrected chi connectivity index (χ1v) is 10.2. The predicted octanol–water partition coefficient (Wildman–Crippen LogP) is 3.50. The monoisotopic (exact) mass is 444 g/mol. The lowest BCUT2D eigenvalue weighted by atomic mass is 9.98. The number of alkyl halides is 2. The van der Waals surface area contributed by atoms with Crippen LogP contribution in [-0.2, 0) is 4.74 Å². The zero-order valence-electron chi connectivity index (χ0n) is 17.8. The fraction of sp³-hybridized carbons (Fsp3) is 0.650. The van der Waals surface area contributed by atoms with E-state index in [1.165, 1.54) is 12.1 Å². The smallest absolute Gasteiger partial charge is 0.410 e. The Morgan fingerprint density at radius 3 is 2.35 bits per heavy atom. The van der Waals surface area contributed by atoms with Gasteiger partial charge >= 0.3 is 6.09 Å². The predicted molar refractivity (Wildman–Crippen MR) is 108 cm³/mol. The number of ether oxygens (including phenoxy) is 1. The second-order valence-corrected chi connectivity index (χ2v) is 8.88. The average Bonchev–Trinajstić information content (AvgIpc) is 2.66. The third-order valence-corrected chi connectivity index (χ3v) is 5.45. The first-order valence-electron chi connectivity index (χ1n) is 10.2. The van der Waals surface area contributed by atoms with Crippen molar-refractivity contribution in [3.8, 4) is 0 Å². The standard InChI is InChI=1S/C20H27F3N4O4/c1-19(2,3)31-18(28)26-7-6-17(20(22,23)13-26)25-10-8-24(9-11-25)16-5-4-14(27(29)30)12-15(16)21/h4-5,12,17H,6-11,13H2,1-3H3/t17-/m1/s1. The van der Waals surface area contributed by atoms with E-state index in [0.29, 0.717) is 26.2 Å². The van der Waals surface area contributed by atoms with E-state index in [-0.39, 0.29) is 24.3 Å². The summed E-state index contributed by atoms with van der Waals surface area (Å²) in [6.45, 7) is 5.74. The largest absolute Gasteiger partial charge is 0.444 e. The molecule has 3 rings (SSSR count). The number of hydrogen-bond donors (Lipinski definition) is 0. The Morgan fingerprint density at radius 1 is 1.19 bits per heavy atom. The Hall–Kier alpha value is -2.56. The number of piperazine rings is 1. The molecular weight excluding hydrogens is 417 g/mol. The number of non-ortho nitro benzene ring substituents is 1. The van der Waals surface area contributed by atoms with Crippen molar-refractivity contribution >= 4 is 17.5 Å². The topological polar surface area (TPSA) is 79.2 Å². The number of piperidine rings is 1. The molecule has 1 aromatic carbocycles. The minimum atomic E-state index is -3.10. The van der Waals surface area contributed by atoms with Crippen LogP contribution < -0.4 is 4.90 Å². The van der Waals surface area contributed by atoms with Gasteiger partial charge in [0.1, 0.15) is 5.60 Å². The molecule has 0 radical (unpaired) electrons. The first kappa shape index (κ1) is 23.1. The number of amides is 1. The van der Waals surface area contributed by atoms with Crippen molar-refractivity contribution in [1.82, 2.24) is 9.80 Å². The summed E-state index contributed by atoms with van der Waals surface area (Å²) in [7, 11) is 0. The van der Waals surface area contributed by atoms with Gasteiger partial charge in [0.25, 0.3) is 11.6 Å². The van der Waals surface area contributed by atoms with Crippen LogP contribution in [0.2, 0.25) is 0 Å². The molecule has 0 N–H and O–H groups in total. The molecule has 0 bridgehead atoms. The van der Waals surface area contributed by atoms with Crippen LogP contribution >= 0.6 is 0 Å². The number of anilines is 1. The van der Waals surface area contributed by atoms with E-state index < -0.39 is 40.9 Å². The minimum absolute atomic E-state index is 0.109. The lowest BCUT2D eigenvalue weighted by molar-refractivity contribution is -0.385. The van der Waals surface area contributed by atoms with Gasteiger partial charge in [0.05, 0.1) is 29.3 Å². The van der Waals surface area contributed by atoms with E-state index >= 15 is 0 Å². The van der Waals surface area contributed by atoms with Crippen molar-refractivity contribution in [2.75, 3.05) is 44.2 Å². The van der Waals surface area contributed by atoms with Crippen LogP contribution in [0.3, 0.4) is 0 Å². The maximum Gasteiger partial charge on any atom is 0.410 e. The summed E-state index contributed by atoms with van der Waals surface area (Å²) in [5, 5.41) is 10.8. The Balaban J connectivity index is 1.60. The van der Waals surface area contributed by atoms with Gasteiger partial charge in [0.2, 0.25) is 0 Å². The third-order valence-electron chi connectivity index (χ3n) is 5.45. The molecule has 0 aromatic heterocycles. The van der Waals surface area contributed by atoms with Crippen molar-refractivity contribution < 1.29 is 27.6 Å². The highest BCUT2D eigenvalue weighted by molar-refractivity contribution is 5.68. The molecule has 2 saturated heterocycles. The van der Waals surface area contributed by atoms with E-state index in [1.54, 1.807) is 30.6 Å². The SMILES string of the molecule is CC(C)(C)OC(=O)N1CC[C@@H](N2CCN(c3ccc([N+](=O)[O-])cc3F)CC2)C(F)(F)C1. The molecule has 0 spiro atoms. The number of halogens is 3. The summed E-state index contributed by atoms with van der Waals surface area (Å²) in [4.78, 5) is 26.7. The summed E-state index contributed by atoms with van der Waals surface area (Å²) in [5.74, 6) is -3.81. The molecule has 11 heteroatoms. The van der Waals surface area contributed by atoms with Gasteiger partial charge in [-0.25, -0.2) is 18.0 Å². The lowest BCUT2D eigenvalue weighted by Gasteiger charge is -2.46. The van der Waals surface area contributed by atoms with E-state index in [1.807, 2.05) is 0 Å². The summed E-state index contributed by atoms with van der Waals surface area (Å²) < 4.78 is 49.2. The third kappa shape index (κ3) is 5.38. The van der Waals surface area contributed by atoms with Crippen LogP contribution in [0.15, 0.2) is 18.2 Å². The Morgan fingerprint density at radius 2 is 1.84 bits per heavy atom. The van der Waals surface area contributed by atoms with Crippen LogP contribution in [-0.4, -0.2) is 77.7 Å². The highest BCUT2D eigenvalue weighted by Crippen LogP contribution is 2.33. The molecule has 172 valence electrons. The Kier molecular flexibility index (Phi) is 6.35. The molecule has 0 aliphatic carbocycles. The van der Waals surface area contributed by atoms with Gasteiger partial charge in [0, 0.05) is 38.8 Å². The Bertz CT molecular complexity index is 838. The number of likely N-dealkylation sites (tertiary alicyclic amines) is 1. The van der Waals surface area contributed by atoms with Gasteiger partial charge in [-0.15, -0.1) is 0 Å². The van der Waals surface area contributed by atoms with E-state index in [9.17, 15) is 28.1 Å². The van der Waals surface area contributed by atoms with Crippen LogP contribution in [0.1, 0.15) is 27.2 Å². The number of carbonyl (C=O) groups excluding carboxylic acids is 1. The molecule has 8 nitrogen and oxygen atoms in total. The fourth-order valence-corrected chi connectivity index (χ4v) is 4.00. The van der Waals surface area contributed by atoms with E-state index in [2.05, 4.69) is 0 Å². The van der Waals surface area contributed by atoms with E-state index in [0.717, 1.165) is 11.0 Å². The van der Waals surface area contributed by atoms with E-state index in [4.69, 9.17) is 4.74 Å². The molecule has 31 heavy (non-hydrogen) atoms. The van der Waals surface area contributed by atoms with Crippen LogP contribution in [0.4, 0.5) is 29.3 Å². The lowest BCUT2D eigenvalue weighted by Crippen LogP contribution is -2.62. The molecule has 2 aliphatic rings. The average molecular weight is 444 g/mol. The van der Waals surface area contributed by atoms with Crippen molar-refractivity contribution in [2.24, 2.45) is 0 Å². The fourth-order valence-electron chi connectivity index (χ4n) is 4.00. The number of nitrogens with zero attached hydrogens (tertiary/aromatic N) is 4. The van der Waals surface area contributed by atoms with Crippen LogP contribution in [0.25, 0.3) is 0 Å². The number of benzene rings is 1. The summed E-state index contributed by atoms with van der Waals surface area (Å²) in [6.07, 6.45) is -0.637. The maximum atomic E-state index is 14.9. The summed E-state index contributed by atoms with van der Waals surface area (Å²) in [6, 6.07) is 2.42. The normalized spacial score (nSPS) is 22.3. The van der Waals surface area contributed by atoms with Crippen molar-refractivity contribution in [2.45, 2.75) is 44.8 Å². The second-order valence-electron chi connectivity index (χ2n) is 8.88. The van der Waals surface area contributed by atoms with Crippen molar-refractivity contribution in [1.29, 1.82) is 0 Å². The molecule has 2 aliphatic heterocycles. The van der Waals surface area contributed by atoms with Gasteiger partial charge in [-0.1, -0.05) is 0 Å². The summed E-state index contributed by atoms with van der Waals surface area (Å²) >= 11 is 0. The number of nitro groups is 1. The molecule has 2 heterocycles. The minimum Gasteiger partial charge on any atom is -0.444 e. The Labute approximate surface area is 178 Å². The zero-order chi connectivity index (χ0) is 23.0. The molecule has 1 atom stereocenters. The maximum absolute atomic E-state index is 14.9. The van der Waals surface area contributed by atoms with Crippen LogP contribution in [0, 0.1) is 15.9 Å². The highest BCUT2D eigenvalue weighted by Gasteiger charge is 2.49. The molecular formula is C20H27F3N4O4. The number of nitro benzene ring substituents is 1. The van der Waals surface area contributed by atoms with Crippen molar-refractivity contribution in [3.63, 3.8) is 0 Å². The van der Waals surface area contributed by atoms with Gasteiger partial charge in [-0.2, -0.15) is 0 Å². The van der Waals surface area contributed by atoms with Crippen molar-refractivity contribution in [3.05, 3.63) is 34.1 Å². The van der Waals surface area contributed by atoms with Crippen LogP contribution in [0.5, 0.6) is 0 Å². The highest BCUT2D eigenvalue weighted by atomic mass is 19.3. The van der Waals surface area contributed by atoms with Gasteiger partial charge in [-0.3, -0.25) is 15.0 Å².